The third-order valence-electron chi connectivity index (χ3n) is 2.99. The van der Waals surface area contributed by atoms with Crippen molar-refractivity contribution in [1.29, 1.82) is 0 Å². The quantitative estimate of drug-likeness (QED) is 0.915. The number of aromatic hydroxyl groups is 1. The molecule has 0 radical (unpaired) electrons. The number of rotatable bonds is 4. The lowest BCUT2D eigenvalue weighted by atomic mass is 10.2. The predicted molar refractivity (Wildman–Crippen MR) is 75.7 cm³/mol. The SMILES string of the molecule is COc1ccc(N(C)c2ccc(O)cc2)c(OC)c1. The van der Waals surface area contributed by atoms with Crippen LogP contribution in [-0.2, 0) is 0 Å². The Bertz CT molecular complexity index is 552. The lowest BCUT2D eigenvalue weighted by Crippen LogP contribution is -2.10. The molecular formula is C15H17NO3. The highest BCUT2D eigenvalue weighted by molar-refractivity contribution is 5.70. The van der Waals surface area contributed by atoms with Crippen molar-refractivity contribution in [3.8, 4) is 17.2 Å². The number of phenols is 1. The topological polar surface area (TPSA) is 41.9 Å². The molecule has 2 aromatic rings. The van der Waals surface area contributed by atoms with E-state index in [1.54, 1.807) is 26.4 Å². The zero-order chi connectivity index (χ0) is 13.8. The number of benzene rings is 2. The van der Waals surface area contributed by atoms with Crippen molar-refractivity contribution in [1.82, 2.24) is 0 Å². The zero-order valence-electron chi connectivity index (χ0n) is 11.3. The van der Waals surface area contributed by atoms with Gasteiger partial charge in [0.15, 0.2) is 0 Å². The van der Waals surface area contributed by atoms with Crippen molar-refractivity contribution < 1.29 is 14.6 Å². The van der Waals surface area contributed by atoms with Gasteiger partial charge in [0.1, 0.15) is 17.2 Å². The molecule has 0 aromatic heterocycles. The molecule has 0 aliphatic heterocycles. The van der Waals surface area contributed by atoms with Gasteiger partial charge in [0.2, 0.25) is 0 Å². The first-order chi connectivity index (χ1) is 9.15. The average molecular weight is 259 g/mol. The van der Waals surface area contributed by atoms with Gasteiger partial charge in [0, 0.05) is 18.8 Å². The molecule has 0 aliphatic rings. The first kappa shape index (κ1) is 13.1. The van der Waals surface area contributed by atoms with Gasteiger partial charge in [-0.05, 0) is 36.4 Å². The molecule has 0 saturated heterocycles. The van der Waals surface area contributed by atoms with Gasteiger partial charge in [0.05, 0.1) is 19.9 Å². The predicted octanol–water partition coefficient (Wildman–Crippen LogP) is 3.18. The van der Waals surface area contributed by atoms with Crippen molar-refractivity contribution in [2.24, 2.45) is 0 Å². The summed E-state index contributed by atoms with van der Waals surface area (Å²) >= 11 is 0. The van der Waals surface area contributed by atoms with E-state index in [1.807, 2.05) is 42.3 Å². The summed E-state index contributed by atoms with van der Waals surface area (Å²) in [6, 6.07) is 12.7. The molecule has 2 aromatic carbocycles. The number of hydrogen-bond donors (Lipinski definition) is 1. The van der Waals surface area contributed by atoms with E-state index in [-0.39, 0.29) is 5.75 Å². The summed E-state index contributed by atoms with van der Waals surface area (Å²) in [7, 11) is 5.19. The van der Waals surface area contributed by atoms with Crippen LogP contribution in [0.5, 0.6) is 17.2 Å². The summed E-state index contributed by atoms with van der Waals surface area (Å²) in [5.74, 6) is 1.73. The fourth-order valence-corrected chi connectivity index (χ4v) is 1.88. The first-order valence-electron chi connectivity index (χ1n) is 5.90. The minimum atomic E-state index is 0.249. The normalized spacial score (nSPS) is 10.1. The number of hydrogen-bond acceptors (Lipinski definition) is 4. The van der Waals surface area contributed by atoms with E-state index < -0.39 is 0 Å². The maximum atomic E-state index is 9.32. The Morgan fingerprint density at radius 2 is 1.63 bits per heavy atom. The van der Waals surface area contributed by atoms with Crippen molar-refractivity contribution in [2.75, 3.05) is 26.2 Å². The van der Waals surface area contributed by atoms with Crippen LogP contribution in [0.3, 0.4) is 0 Å². The molecule has 0 heterocycles. The largest absolute Gasteiger partial charge is 0.508 e. The van der Waals surface area contributed by atoms with E-state index in [1.165, 1.54) is 0 Å². The second-order valence-corrected chi connectivity index (χ2v) is 4.11. The van der Waals surface area contributed by atoms with E-state index in [4.69, 9.17) is 9.47 Å². The van der Waals surface area contributed by atoms with Gasteiger partial charge < -0.3 is 19.5 Å². The highest BCUT2D eigenvalue weighted by Crippen LogP contribution is 2.35. The van der Waals surface area contributed by atoms with E-state index in [2.05, 4.69) is 0 Å². The summed E-state index contributed by atoms with van der Waals surface area (Å²) in [5, 5.41) is 9.32. The third kappa shape index (κ3) is 2.73. The summed E-state index contributed by atoms with van der Waals surface area (Å²) in [6.07, 6.45) is 0. The standard InChI is InChI=1S/C15H17NO3/c1-16(11-4-6-12(17)7-5-11)14-9-8-13(18-2)10-15(14)19-3/h4-10,17H,1-3H3. The Morgan fingerprint density at radius 3 is 2.21 bits per heavy atom. The van der Waals surface area contributed by atoms with Gasteiger partial charge >= 0.3 is 0 Å². The second-order valence-electron chi connectivity index (χ2n) is 4.11. The molecule has 0 saturated carbocycles. The molecule has 0 unspecified atom stereocenters. The Kier molecular flexibility index (Phi) is 3.80. The molecule has 0 spiro atoms. The number of methoxy groups -OCH3 is 2. The van der Waals surface area contributed by atoms with Crippen LogP contribution in [0, 0.1) is 0 Å². The van der Waals surface area contributed by atoms with Crippen molar-refractivity contribution in [2.45, 2.75) is 0 Å². The smallest absolute Gasteiger partial charge is 0.146 e. The summed E-state index contributed by atoms with van der Waals surface area (Å²) < 4.78 is 10.6. The van der Waals surface area contributed by atoms with E-state index in [9.17, 15) is 5.11 Å². The lowest BCUT2D eigenvalue weighted by molar-refractivity contribution is 0.395. The van der Waals surface area contributed by atoms with Crippen LogP contribution in [-0.4, -0.2) is 26.4 Å². The molecule has 100 valence electrons. The molecule has 0 atom stereocenters. The van der Waals surface area contributed by atoms with Gasteiger partial charge in [0.25, 0.3) is 0 Å². The minimum Gasteiger partial charge on any atom is -0.508 e. The number of ether oxygens (including phenoxy) is 2. The highest BCUT2D eigenvalue weighted by atomic mass is 16.5. The molecule has 2 rings (SSSR count). The molecule has 4 nitrogen and oxygen atoms in total. The number of phenolic OH excluding ortho intramolecular Hbond substituents is 1. The van der Waals surface area contributed by atoms with Crippen LogP contribution in [0.25, 0.3) is 0 Å². The number of nitrogens with zero attached hydrogens (tertiary/aromatic N) is 1. The third-order valence-corrected chi connectivity index (χ3v) is 2.99. The summed E-state index contributed by atoms with van der Waals surface area (Å²) in [4.78, 5) is 1.98. The zero-order valence-corrected chi connectivity index (χ0v) is 11.3. The van der Waals surface area contributed by atoms with Crippen LogP contribution >= 0.6 is 0 Å². The molecule has 0 amide bonds. The van der Waals surface area contributed by atoms with Crippen molar-refractivity contribution in [3.05, 3.63) is 42.5 Å². The highest BCUT2D eigenvalue weighted by Gasteiger charge is 2.11. The molecular weight excluding hydrogens is 242 g/mol. The van der Waals surface area contributed by atoms with Gasteiger partial charge in [-0.15, -0.1) is 0 Å². The van der Waals surface area contributed by atoms with Crippen molar-refractivity contribution in [3.63, 3.8) is 0 Å². The van der Waals surface area contributed by atoms with E-state index in [0.717, 1.165) is 22.9 Å². The molecule has 0 fully saturated rings. The van der Waals surface area contributed by atoms with Crippen LogP contribution in [0.2, 0.25) is 0 Å². The average Bonchev–Trinajstić information content (AvgIpc) is 2.46. The monoisotopic (exact) mass is 259 g/mol. The fourth-order valence-electron chi connectivity index (χ4n) is 1.88. The summed E-state index contributed by atoms with van der Waals surface area (Å²) in [5.41, 5.74) is 1.88. The van der Waals surface area contributed by atoms with Gasteiger partial charge in [-0.1, -0.05) is 0 Å². The summed E-state index contributed by atoms with van der Waals surface area (Å²) in [6.45, 7) is 0. The molecule has 0 aliphatic carbocycles. The van der Waals surface area contributed by atoms with Gasteiger partial charge in [-0.3, -0.25) is 0 Å². The van der Waals surface area contributed by atoms with Crippen molar-refractivity contribution >= 4 is 11.4 Å². The van der Waals surface area contributed by atoms with Gasteiger partial charge in [-0.2, -0.15) is 0 Å². The molecule has 4 heteroatoms. The lowest BCUT2D eigenvalue weighted by Gasteiger charge is -2.22. The second kappa shape index (κ2) is 5.52. The minimum absolute atomic E-state index is 0.249. The molecule has 19 heavy (non-hydrogen) atoms. The molecule has 0 bridgehead atoms. The maximum Gasteiger partial charge on any atom is 0.146 e. The Hall–Kier alpha value is -2.36. The molecule has 1 N–H and O–H groups in total. The van der Waals surface area contributed by atoms with Crippen LogP contribution < -0.4 is 14.4 Å². The fraction of sp³-hybridized carbons (Fsp3) is 0.200. The maximum absolute atomic E-state index is 9.32. The Labute approximate surface area is 112 Å². The number of anilines is 2. The van der Waals surface area contributed by atoms with Crippen LogP contribution in [0.15, 0.2) is 42.5 Å². The Morgan fingerprint density at radius 1 is 0.947 bits per heavy atom. The first-order valence-corrected chi connectivity index (χ1v) is 5.90. The van der Waals surface area contributed by atoms with Crippen LogP contribution in [0.4, 0.5) is 11.4 Å². The van der Waals surface area contributed by atoms with Gasteiger partial charge in [-0.25, -0.2) is 0 Å². The Balaban J connectivity index is 2.37. The van der Waals surface area contributed by atoms with Crippen LogP contribution in [0.1, 0.15) is 0 Å². The van der Waals surface area contributed by atoms with E-state index in [0.29, 0.717) is 0 Å². The van der Waals surface area contributed by atoms with E-state index >= 15 is 0 Å².